The number of carbonyl (C=O) groups excluding carboxylic acids is 3. The molecule has 1 aromatic carbocycles. The van der Waals surface area contributed by atoms with E-state index in [-0.39, 0.29) is 23.8 Å². The number of nitrogens with one attached hydrogen (secondary N) is 2. The van der Waals surface area contributed by atoms with Gasteiger partial charge in [-0.3, -0.25) is 14.4 Å². The molecule has 6 heteroatoms. The Morgan fingerprint density at radius 2 is 1.86 bits per heavy atom. The van der Waals surface area contributed by atoms with E-state index in [1.165, 1.54) is 6.92 Å². The summed E-state index contributed by atoms with van der Waals surface area (Å²) in [7, 11) is 1.55. The summed E-state index contributed by atoms with van der Waals surface area (Å²) in [5.74, 6) is -0.912. The van der Waals surface area contributed by atoms with Crippen LogP contribution in [-0.2, 0) is 9.59 Å². The van der Waals surface area contributed by atoms with Crippen molar-refractivity contribution in [1.29, 1.82) is 0 Å². The number of carbonyl (C=O) groups is 3. The van der Waals surface area contributed by atoms with Crippen LogP contribution in [0.3, 0.4) is 0 Å². The summed E-state index contributed by atoms with van der Waals surface area (Å²) in [4.78, 5) is 37.6. The first-order valence-electron chi connectivity index (χ1n) is 7.27. The Kier molecular flexibility index (Phi) is 4.80. The average molecular weight is 303 g/mol. The summed E-state index contributed by atoms with van der Waals surface area (Å²) in [5, 5.41) is 5.36. The first kappa shape index (κ1) is 16.0. The smallest absolute Gasteiger partial charge is 0.254 e. The van der Waals surface area contributed by atoms with Gasteiger partial charge < -0.3 is 15.5 Å². The number of benzene rings is 1. The van der Waals surface area contributed by atoms with E-state index in [9.17, 15) is 14.4 Å². The Morgan fingerprint density at radius 1 is 1.18 bits per heavy atom. The first-order chi connectivity index (χ1) is 10.4. The van der Waals surface area contributed by atoms with Crippen molar-refractivity contribution in [3.63, 3.8) is 0 Å². The summed E-state index contributed by atoms with van der Waals surface area (Å²) in [6.45, 7) is 3.93. The molecule has 0 bridgehead atoms. The van der Waals surface area contributed by atoms with Gasteiger partial charge in [0.1, 0.15) is 0 Å². The molecule has 0 aliphatic carbocycles. The molecular weight excluding hydrogens is 282 g/mol. The van der Waals surface area contributed by atoms with Gasteiger partial charge >= 0.3 is 0 Å². The number of amides is 3. The Labute approximate surface area is 129 Å². The molecule has 0 radical (unpaired) electrons. The van der Waals surface area contributed by atoms with Crippen LogP contribution in [-0.4, -0.2) is 48.8 Å². The second kappa shape index (κ2) is 6.60. The van der Waals surface area contributed by atoms with Crippen molar-refractivity contribution in [2.75, 3.05) is 20.1 Å². The summed E-state index contributed by atoms with van der Waals surface area (Å²) >= 11 is 0. The highest BCUT2D eigenvalue weighted by Gasteiger charge is 2.40. The molecule has 0 saturated carbocycles. The number of rotatable bonds is 3. The zero-order valence-corrected chi connectivity index (χ0v) is 13.1. The lowest BCUT2D eigenvalue weighted by molar-refractivity contribution is -0.125. The maximum atomic E-state index is 12.6. The van der Waals surface area contributed by atoms with Gasteiger partial charge in [0, 0.05) is 32.6 Å². The van der Waals surface area contributed by atoms with Gasteiger partial charge in [-0.25, -0.2) is 0 Å². The van der Waals surface area contributed by atoms with Crippen molar-refractivity contribution in [2.24, 2.45) is 5.92 Å². The highest BCUT2D eigenvalue weighted by atomic mass is 16.2. The van der Waals surface area contributed by atoms with Gasteiger partial charge in [-0.05, 0) is 18.6 Å². The van der Waals surface area contributed by atoms with E-state index >= 15 is 0 Å². The largest absolute Gasteiger partial charge is 0.359 e. The van der Waals surface area contributed by atoms with Crippen molar-refractivity contribution in [2.45, 2.75) is 19.9 Å². The minimum Gasteiger partial charge on any atom is -0.359 e. The van der Waals surface area contributed by atoms with Crippen molar-refractivity contribution in [1.82, 2.24) is 15.5 Å². The van der Waals surface area contributed by atoms with Crippen LogP contribution in [0.25, 0.3) is 0 Å². The SMILES string of the molecule is CNC(=O)[C@H]1CN(C(=O)c2ccccc2C)C[C@@H]1NC(C)=O. The van der Waals surface area contributed by atoms with Crippen LogP contribution >= 0.6 is 0 Å². The highest BCUT2D eigenvalue weighted by molar-refractivity contribution is 5.96. The molecular formula is C16H21N3O3. The molecule has 2 atom stereocenters. The van der Waals surface area contributed by atoms with Crippen LogP contribution in [0.1, 0.15) is 22.8 Å². The van der Waals surface area contributed by atoms with E-state index in [1.54, 1.807) is 18.0 Å². The van der Waals surface area contributed by atoms with Gasteiger partial charge in [-0.2, -0.15) is 0 Å². The molecule has 1 saturated heterocycles. The predicted octanol–water partition coefficient (Wildman–Crippen LogP) is 0.318. The van der Waals surface area contributed by atoms with Crippen LogP contribution < -0.4 is 10.6 Å². The Hall–Kier alpha value is -2.37. The Bertz CT molecular complexity index is 600. The number of likely N-dealkylation sites (tertiary alicyclic amines) is 1. The van der Waals surface area contributed by atoms with Crippen LogP contribution in [0.2, 0.25) is 0 Å². The molecule has 1 fully saturated rings. The summed E-state index contributed by atoms with van der Waals surface area (Å²) < 4.78 is 0. The summed E-state index contributed by atoms with van der Waals surface area (Å²) in [6.07, 6.45) is 0. The van der Waals surface area contributed by atoms with Crippen molar-refractivity contribution < 1.29 is 14.4 Å². The van der Waals surface area contributed by atoms with Gasteiger partial charge in [0.2, 0.25) is 11.8 Å². The fraction of sp³-hybridized carbons (Fsp3) is 0.438. The molecule has 0 aromatic heterocycles. The van der Waals surface area contributed by atoms with E-state index < -0.39 is 5.92 Å². The molecule has 6 nitrogen and oxygen atoms in total. The maximum absolute atomic E-state index is 12.6. The van der Waals surface area contributed by atoms with E-state index in [0.29, 0.717) is 18.7 Å². The normalized spacial score (nSPS) is 20.6. The van der Waals surface area contributed by atoms with Crippen molar-refractivity contribution in [3.05, 3.63) is 35.4 Å². The number of hydrogen-bond acceptors (Lipinski definition) is 3. The third-order valence-corrected chi connectivity index (χ3v) is 3.95. The number of nitrogens with zero attached hydrogens (tertiary/aromatic N) is 1. The van der Waals surface area contributed by atoms with Gasteiger partial charge in [-0.1, -0.05) is 18.2 Å². The van der Waals surface area contributed by atoms with Gasteiger partial charge in [0.05, 0.1) is 12.0 Å². The molecule has 3 amide bonds. The molecule has 1 aliphatic rings. The molecule has 1 aliphatic heterocycles. The average Bonchev–Trinajstić information content (AvgIpc) is 2.89. The lowest BCUT2D eigenvalue weighted by Crippen LogP contribution is -2.44. The Morgan fingerprint density at radius 3 is 2.45 bits per heavy atom. The zero-order chi connectivity index (χ0) is 16.3. The number of hydrogen-bond donors (Lipinski definition) is 2. The quantitative estimate of drug-likeness (QED) is 0.844. The van der Waals surface area contributed by atoms with Crippen LogP contribution in [0, 0.1) is 12.8 Å². The van der Waals surface area contributed by atoms with Crippen LogP contribution in [0.5, 0.6) is 0 Å². The number of aryl methyl sites for hydroxylation is 1. The van der Waals surface area contributed by atoms with E-state index in [2.05, 4.69) is 10.6 Å². The topological polar surface area (TPSA) is 78.5 Å². The molecule has 2 rings (SSSR count). The van der Waals surface area contributed by atoms with E-state index in [0.717, 1.165) is 5.56 Å². The van der Waals surface area contributed by atoms with Crippen molar-refractivity contribution in [3.8, 4) is 0 Å². The second-order valence-corrected chi connectivity index (χ2v) is 5.55. The first-order valence-corrected chi connectivity index (χ1v) is 7.27. The maximum Gasteiger partial charge on any atom is 0.254 e. The second-order valence-electron chi connectivity index (χ2n) is 5.55. The predicted molar refractivity (Wildman–Crippen MR) is 82.2 cm³/mol. The highest BCUT2D eigenvalue weighted by Crippen LogP contribution is 2.21. The lowest BCUT2D eigenvalue weighted by atomic mass is 10.0. The summed E-state index contributed by atoms with van der Waals surface area (Å²) in [5.41, 5.74) is 1.52. The molecule has 0 spiro atoms. The standard InChI is InChI=1S/C16H21N3O3/c1-10-6-4-5-7-12(10)16(22)19-8-13(15(21)17-3)14(9-19)18-11(2)20/h4-7,13-14H,8-9H2,1-3H3,(H,17,21)(H,18,20)/t13-,14-/m0/s1. The molecule has 1 aromatic rings. The monoisotopic (exact) mass is 303 g/mol. The fourth-order valence-electron chi connectivity index (χ4n) is 2.81. The van der Waals surface area contributed by atoms with Gasteiger partial charge in [-0.15, -0.1) is 0 Å². The third kappa shape index (κ3) is 3.27. The lowest BCUT2D eigenvalue weighted by Gasteiger charge is -2.17. The Balaban J connectivity index is 2.19. The minimum absolute atomic E-state index is 0.111. The van der Waals surface area contributed by atoms with Crippen molar-refractivity contribution >= 4 is 17.7 Å². The van der Waals surface area contributed by atoms with E-state index in [4.69, 9.17) is 0 Å². The van der Waals surface area contributed by atoms with Gasteiger partial charge in [0.25, 0.3) is 5.91 Å². The minimum atomic E-state index is -0.429. The van der Waals surface area contributed by atoms with E-state index in [1.807, 2.05) is 25.1 Å². The molecule has 0 unspecified atom stereocenters. The molecule has 118 valence electrons. The molecule has 2 N–H and O–H groups in total. The fourth-order valence-corrected chi connectivity index (χ4v) is 2.81. The van der Waals surface area contributed by atoms with Gasteiger partial charge in [0.15, 0.2) is 0 Å². The summed E-state index contributed by atoms with van der Waals surface area (Å²) in [6, 6.07) is 7.00. The third-order valence-electron chi connectivity index (χ3n) is 3.95. The van der Waals surface area contributed by atoms with Crippen LogP contribution in [0.4, 0.5) is 0 Å². The molecule has 1 heterocycles. The molecule has 22 heavy (non-hydrogen) atoms. The zero-order valence-electron chi connectivity index (χ0n) is 13.1. The van der Waals surface area contributed by atoms with Crippen LogP contribution in [0.15, 0.2) is 24.3 Å².